The molecule has 0 aliphatic rings. The molecule has 0 heterocycles. The summed E-state index contributed by atoms with van der Waals surface area (Å²) < 4.78 is 0. The number of phenols is 1. The number of phenolic OH excluding ortho intramolecular Hbond substituents is 1. The van der Waals surface area contributed by atoms with Crippen LogP contribution in [0.1, 0.15) is 25.8 Å². The number of aliphatic carboxylic acids is 1. The van der Waals surface area contributed by atoms with E-state index in [9.17, 15) is 14.7 Å². The molecule has 0 radical (unpaired) electrons. The monoisotopic (exact) mass is 265 g/mol. The third kappa shape index (κ3) is 5.42. The van der Waals surface area contributed by atoms with Gasteiger partial charge in [-0.1, -0.05) is 26.0 Å². The molecule has 1 rings (SSSR count). The molecule has 104 valence electrons. The number of amides is 1. The third-order valence-corrected chi connectivity index (χ3v) is 2.62. The van der Waals surface area contributed by atoms with E-state index in [4.69, 9.17) is 5.11 Å². The maximum atomic E-state index is 11.8. The molecule has 0 bridgehead atoms. The summed E-state index contributed by atoms with van der Waals surface area (Å²) in [6.45, 7) is 3.80. The van der Waals surface area contributed by atoms with E-state index >= 15 is 0 Å². The van der Waals surface area contributed by atoms with Crippen molar-refractivity contribution in [3.8, 4) is 5.75 Å². The van der Waals surface area contributed by atoms with Crippen LogP contribution in [0.25, 0.3) is 0 Å². The van der Waals surface area contributed by atoms with Crippen molar-refractivity contribution in [3.05, 3.63) is 29.8 Å². The van der Waals surface area contributed by atoms with Crippen molar-refractivity contribution in [1.29, 1.82) is 0 Å². The van der Waals surface area contributed by atoms with Crippen LogP contribution in [0.5, 0.6) is 5.75 Å². The largest absolute Gasteiger partial charge is 0.508 e. The first kappa shape index (κ1) is 15.0. The van der Waals surface area contributed by atoms with Crippen molar-refractivity contribution in [2.24, 2.45) is 5.92 Å². The van der Waals surface area contributed by atoms with Gasteiger partial charge in [-0.05, 0) is 30.0 Å². The number of carboxylic acid groups (broad SMARTS) is 1. The SMILES string of the molecule is CC(C)C[C@@H](NC(=O)Cc1cccc(O)c1)C(=O)O. The second-order valence-corrected chi connectivity index (χ2v) is 4.93. The van der Waals surface area contributed by atoms with Gasteiger partial charge in [0, 0.05) is 0 Å². The molecule has 0 aliphatic heterocycles. The molecule has 5 heteroatoms. The minimum atomic E-state index is -1.03. The van der Waals surface area contributed by atoms with Crippen molar-refractivity contribution in [2.75, 3.05) is 0 Å². The first-order valence-electron chi connectivity index (χ1n) is 6.18. The molecule has 1 aromatic carbocycles. The van der Waals surface area contributed by atoms with Gasteiger partial charge in [-0.2, -0.15) is 0 Å². The second kappa shape index (κ2) is 6.78. The van der Waals surface area contributed by atoms with E-state index in [1.165, 1.54) is 12.1 Å². The number of rotatable bonds is 6. The van der Waals surface area contributed by atoms with Gasteiger partial charge in [0.25, 0.3) is 0 Å². The molecule has 1 aromatic rings. The first-order chi connectivity index (χ1) is 8.88. The fourth-order valence-corrected chi connectivity index (χ4v) is 1.79. The molecular weight excluding hydrogens is 246 g/mol. The molecule has 0 unspecified atom stereocenters. The number of nitrogens with one attached hydrogen (secondary N) is 1. The van der Waals surface area contributed by atoms with Crippen LogP contribution in [-0.4, -0.2) is 28.1 Å². The summed E-state index contributed by atoms with van der Waals surface area (Å²) in [5, 5.41) is 20.8. The van der Waals surface area contributed by atoms with Crippen molar-refractivity contribution in [2.45, 2.75) is 32.7 Å². The molecule has 0 spiro atoms. The fourth-order valence-electron chi connectivity index (χ4n) is 1.79. The minimum absolute atomic E-state index is 0.0519. The van der Waals surface area contributed by atoms with Crippen LogP contribution in [-0.2, 0) is 16.0 Å². The summed E-state index contributed by atoms with van der Waals surface area (Å²) in [5.41, 5.74) is 0.645. The Hall–Kier alpha value is -2.04. The van der Waals surface area contributed by atoms with Crippen LogP contribution in [0.4, 0.5) is 0 Å². The van der Waals surface area contributed by atoms with Crippen LogP contribution in [0.2, 0.25) is 0 Å². The van der Waals surface area contributed by atoms with Crippen molar-refractivity contribution in [1.82, 2.24) is 5.32 Å². The summed E-state index contributed by atoms with van der Waals surface area (Å²) in [6, 6.07) is 5.47. The first-order valence-corrected chi connectivity index (χ1v) is 6.18. The Morgan fingerprint density at radius 1 is 1.32 bits per heavy atom. The predicted octanol–water partition coefficient (Wildman–Crippen LogP) is 1.55. The number of hydrogen-bond donors (Lipinski definition) is 3. The normalized spacial score (nSPS) is 12.2. The number of carboxylic acids is 1. The Morgan fingerprint density at radius 3 is 2.53 bits per heavy atom. The standard InChI is InChI=1S/C14H19NO4/c1-9(2)6-12(14(18)19)15-13(17)8-10-4-3-5-11(16)7-10/h3-5,7,9,12,16H,6,8H2,1-2H3,(H,15,17)(H,18,19)/t12-/m1/s1. The average Bonchev–Trinajstić information content (AvgIpc) is 2.27. The third-order valence-electron chi connectivity index (χ3n) is 2.62. The van der Waals surface area contributed by atoms with E-state index < -0.39 is 12.0 Å². The quantitative estimate of drug-likeness (QED) is 0.728. The van der Waals surface area contributed by atoms with Gasteiger partial charge in [-0.3, -0.25) is 4.79 Å². The highest BCUT2D eigenvalue weighted by molar-refractivity contribution is 5.84. The Balaban J connectivity index is 2.60. The lowest BCUT2D eigenvalue weighted by Gasteiger charge is -2.16. The summed E-state index contributed by atoms with van der Waals surface area (Å²) in [6.07, 6.45) is 0.442. The summed E-state index contributed by atoms with van der Waals surface area (Å²) in [7, 11) is 0. The van der Waals surface area contributed by atoms with E-state index in [-0.39, 0.29) is 24.0 Å². The van der Waals surface area contributed by atoms with E-state index in [0.29, 0.717) is 12.0 Å². The number of carbonyl (C=O) groups is 2. The van der Waals surface area contributed by atoms with Crippen molar-refractivity contribution < 1.29 is 19.8 Å². The van der Waals surface area contributed by atoms with Gasteiger partial charge in [0.05, 0.1) is 6.42 Å². The molecule has 3 N–H and O–H groups in total. The summed E-state index contributed by atoms with van der Waals surface area (Å²) in [5.74, 6) is -1.12. The molecule has 1 atom stereocenters. The summed E-state index contributed by atoms with van der Waals surface area (Å²) in [4.78, 5) is 22.8. The van der Waals surface area contributed by atoms with Gasteiger partial charge in [0.2, 0.25) is 5.91 Å². The lowest BCUT2D eigenvalue weighted by atomic mass is 10.0. The lowest BCUT2D eigenvalue weighted by Crippen LogP contribution is -2.42. The zero-order valence-electron chi connectivity index (χ0n) is 11.1. The number of carbonyl (C=O) groups excluding carboxylic acids is 1. The van der Waals surface area contributed by atoms with Gasteiger partial charge in [-0.15, -0.1) is 0 Å². The molecule has 0 aromatic heterocycles. The Morgan fingerprint density at radius 2 is 2.00 bits per heavy atom. The van der Waals surface area contributed by atoms with E-state index in [2.05, 4.69) is 5.32 Å². The highest BCUT2D eigenvalue weighted by atomic mass is 16.4. The van der Waals surface area contributed by atoms with Crippen LogP contribution >= 0.6 is 0 Å². The molecule has 19 heavy (non-hydrogen) atoms. The smallest absolute Gasteiger partial charge is 0.326 e. The summed E-state index contributed by atoms with van der Waals surface area (Å²) >= 11 is 0. The van der Waals surface area contributed by atoms with E-state index in [0.717, 1.165) is 0 Å². The maximum Gasteiger partial charge on any atom is 0.326 e. The minimum Gasteiger partial charge on any atom is -0.508 e. The fraction of sp³-hybridized carbons (Fsp3) is 0.429. The molecule has 1 amide bonds. The Kier molecular flexibility index (Phi) is 5.36. The highest BCUT2D eigenvalue weighted by Crippen LogP contribution is 2.11. The average molecular weight is 265 g/mol. The number of aromatic hydroxyl groups is 1. The van der Waals surface area contributed by atoms with Crippen LogP contribution in [0, 0.1) is 5.92 Å². The lowest BCUT2D eigenvalue weighted by molar-refractivity contribution is -0.142. The number of benzene rings is 1. The molecule has 0 aliphatic carbocycles. The van der Waals surface area contributed by atoms with Crippen LogP contribution < -0.4 is 5.32 Å². The van der Waals surface area contributed by atoms with E-state index in [1.54, 1.807) is 12.1 Å². The molecule has 0 fully saturated rings. The maximum absolute atomic E-state index is 11.8. The van der Waals surface area contributed by atoms with E-state index in [1.807, 2.05) is 13.8 Å². The Labute approximate surface area is 112 Å². The highest BCUT2D eigenvalue weighted by Gasteiger charge is 2.20. The van der Waals surface area contributed by atoms with Gasteiger partial charge in [0.1, 0.15) is 11.8 Å². The van der Waals surface area contributed by atoms with Crippen LogP contribution in [0.15, 0.2) is 24.3 Å². The molecule has 5 nitrogen and oxygen atoms in total. The van der Waals surface area contributed by atoms with Gasteiger partial charge < -0.3 is 15.5 Å². The topological polar surface area (TPSA) is 86.6 Å². The van der Waals surface area contributed by atoms with Crippen molar-refractivity contribution in [3.63, 3.8) is 0 Å². The zero-order chi connectivity index (χ0) is 14.4. The van der Waals surface area contributed by atoms with Gasteiger partial charge in [0.15, 0.2) is 0 Å². The molecule has 0 saturated heterocycles. The second-order valence-electron chi connectivity index (χ2n) is 4.93. The molecule has 0 saturated carbocycles. The number of hydrogen-bond acceptors (Lipinski definition) is 3. The van der Waals surface area contributed by atoms with Crippen molar-refractivity contribution >= 4 is 11.9 Å². The van der Waals surface area contributed by atoms with Gasteiger partial charge in [-0.25, -0.2) is 4.79 Å². The Bertz CT molecular complexity index is 457. The zero-order valence-corrected chi connectivity index (χ0v) is 11.1. The molecular formula is C14H19NO4. The van der Waals surface area contributed by atoms with Crippen LogP contribution in [0.3, 0.4) is 0 Å². The van der Waals surface area contributed by atoms with Gasteiger partial charge >= 0.3 is 5.97 Å². The predicted molar refractivity (Wildman–Crippen MR) is 70.8 cm³/mol.